The Morgan fingerprint density at radius 3 is 2.16 bits per heavy atom. The molecule has 0 aromatic heterocycles. The molecule has 2 aromatic carbocycles. The summed E-state index contributed by atoms with van der Waals surface area (Å²) in [6.07, 6.45) is -3.60. The van der Waals surface area contributed by atoms with E-state index < -0.39 is 11.7 Å². The van der Waals surface area contributed by atoms with E-state index in [1.165, 1.54) is 12.1 Å². The lowest BCUT2D eigenvalue weighted by Gasteiger charge is -2.09. The number of nitrogens with one attached hydrogen (secondary N) is 1. The smallest absolute Gasteiger partial charge is 0.416 e. The normalized spacial score (nSPS) is 11.2. The summed E-state index contributed by atoms with van der Waals surface area (Å²) in [5.74, 6) is 0.630. The highest BCUT2D eigenvalue weighted by molar-refractivity contribution is 5.78. The summed E-state index contributed by atoms with van der Waals surface area (Å²) in [5.41, 5.74) is 0.945. The number of rotatable bonds is 7. The van der Waals surface area contributed by atoms with Crippen molar-refractivity contribution in [2.24, 2.45) is 0 Å². The van der Waals surface area contributed by atoms with Crippen LogP contribution in [-0.2, 0) is 23.8 Å². The highest BCUT2D eigenvalue weighted by Gasteiger charge is 2.29. The van der Waals surface area contributed by atoms with Gasteiger partial charge in [0.25, 0.3) is 0 Å². The van der Waals surface area contributed by atoms with E-state index in [4.69, 9.17) is 4.74 Å². The van der Waals surface area contributed by atoms with Gasteiger partial charge >= 0.3 is 6.18 Å². The zero-order chi connectivity index (χ0) is 18.3. The van der Waals surface area contributed by atoms with Crippen molar-refractivity contribution in [3.8, 4) is 5.75 Å². The number of carbonyl (C=O) groups excluding carboxylic acids is 1. The molecule has 2 aromatic rings. The first kappa shape index (κ1) is 18.8. The van der Waals surface area contributed by atoms with Gasteiger partial charge in [0.15, 0.2) is 0 Å². The first-order chi connectivity index (χ1) is 11.9. The molecule has 0 spiro atoms. The first-order valence-corrected chi connectivity index (χ1v) is 8.03. The van der Waals surface area contributed by atoms with Crippen molar-refractivity contribution in [1.82, 2.24) is 5.32 Å². The molecule has 134 valence electrons. The SMILES string of the molecule is CCOc1ccc(CC(=O)NCCc2ccc(C(F)(F)F)cc2)cc1. The maximum Gasteiger partial charge on any atom is 0.416 e. The second kappa shape index (κ2) is 8.55. The molecule has 0 unspecified atom stereocenters. The summed E-state index contributed by atoms with van der Waals surface area (Å²) in [6.45, 7) is 2.86. The quantitative estimate of drug-likeness (QED) is 0.819. The van der Waals surface area contributed by atoms with Crippen LogP contribution >= 0.6 is 0 Å². The van der Waals surface area contributed by atoms with Gasteiger partial charge < -0.3 is 10.1 Å². The molecule has 3 nitrogen and oxygen atoms in total. The highest BCUT2D eigenvalue weighted by atomic mass is 19.4. The van der Waals surface area contributed by atoms with Crippen molar-refractivity contribution < 1.29 is 22.7 Å². The van der Waals surface area contributed by atoms with Crippen LogP contribution in [0.25, 0.3) is 0 Å². The monoisotopic (exact) mass is 351 g/mol. The Bertz CT molecular complexity index is 679. The van der Waals surface area contributed by atoms with Crippen LogP contribution in [0.5, 0.6) is 5.75 Å². The molecule has 0 heterocycles. The van der Waals surface area contributed by atoms with E-state index in [2.05, 4.69) is 5.32 Å². The Hall–Kier alpha value is -2.50. The third-order valence-electron chi connectivity index (χ3n) is 3.62. The number of hydrogen-bond donors (Lipinski definition) is 1. The van der Waals surface area contributed by atoms with E-state index in [-0.39, 0.29) is 12.3 Å². The third kappa shape index (κ3) is 6.14. The van der Waals surface area contributed by atoms with Crippen molar-refractivity contribution in [1.29, 1.82) is 0 Å². The van der Waals surface area contributed by atoms with Gasteiger partial charge in [-0.3, -0.25) is 4.79 Å². The van der Waals surface area contributed by atoms with Gasteiger partial charge in [-0.25, -0.2) is 0 Å². The summed E-state index contributed by atoms with van der Waals surface area (Å²) < 4.78 is 42.8. The third-order valence-corrected chi connectivity index (χ3v) is 3.62. The van der Waals surface area contributed by atoms with Crippen LogP contribution in [0.2, 0.25) is 0 Å². The first-order valence-electron chi connectivity index (χ1n) is 8.03. The molecule has 2 rings (SSSR count). The van der Waals surface area contributed by atoms with Gasteiger partial charge in [0, 0.05) is 6.54 Å². The fourth-order valence-corrected chi connectivity index (χ4v) is 2.32. The minimum atomic E-state index is -4.33. The van der Waals surface area contributed by atoms with Gasteiger partial charge in [-0.15, -0.1) is 0 Å². The molecular weight excluding hydrogens is 331 g/mol. The molecule has 1 N–H and O–H groups in total. The summed E-state index contributed by atoms with van der Waals surface area (Å²) in [7, 11) is 0. The van der Waals surface area contributed by atoms with E-state index >= 15 is 0 Å². The van der Waals surface area contributed by atoms with Crippen LogP contribution in [-0.4, -0.2) is 19.1 Å². The average molecular weight is 351 g/mol. The largest absolute Gasteiger partial charge is 0.494 e. The van der Waals surface area contributed by atoms with Crippen LogP contribution in [0, 0.1) is 0 Å². The average Bonchev–Trinajstić information content (AvgIpc) is 2.56. The van der Waals surface area contributed by atoms with E-state index in [1.54, 1.807) is 0 Å². The molecule has 0 radical (unpaired) electrons. The number of halogens is 3. The molecule has 6 heteroatoms. The molecule has 0 aliphatic carbocycles. The van der Waals surface area contributed by atoms with Crippen molar-refractivity contribution in [2.75, 3.05) is 13.2 Å². The van der Waals surface area contributed by atoms with Crippen LogP contribution < -0.4 is 10.1 Å². The minimum Gasteiger partial charge on any atom is -0.494 e. The van der Waals surface area contributed by atoms with E-state index in [0.29, 0.717) is 19.6 Å². The molecule has 0 atom stereocenters. The van der Waals surface area contributed by atoms with Crippen LogP contribution in [0.15, 0.2) is 48.5 Å². The number of benzene rings is 2. The second-order valence-corrected chi connectivity index (χ2v) is 5.55. The van der Waals surface area contributed by atoms with E-state index in [1.807, 2.05) is 31.2 Å². The molecule has 0 aliphatic heterocycles. The lowest BCUT2D eigenvalue weighted by molar-refractivity contribution is -0.137. The van der Waals surface area contributed by atoms with E-state index in [9.17, 15) is 18.0 Å². The standard InChI is InChI=1S/C19H20F3NO2/c1-2-25-17-9-5-15(6-10-17)13-18(24)23-12-11-14-3-7-16(8-4-14)19(20,21)22/h3-10H,2,11-13H2,1H3,(H,23,24). The zero-order valence-electron chi connectivity index (χ0n) is 13.9. The van der Waals surface area contributed by atoms with Gasteiger partial charge in [0.2, 0.25) is 5.91 Å². The Kier molecular flexibility index (Phi) is 6.44. The predicted octanol–water partition coefficient (Wildman–Crippen LogP) is 4.01. The van der Waals surface area contributed by atoms with Crippen molar-refractivity contribution in [3.63, 3.8) is 0 Å². The van der Waals surface area contributed by atoms with Crippen LogP contribution in [0.3, 0.4) is 0 Å². The fraction of sp³-hybridized carbons (Fsp3) is 0.316. The molecule has 0 fully saturated rings. The minimum absolute atomic E-state index is 0.129. The number of ether oxygens (including phenoxy) is 1. The predicted molar refractivity (Wildman–Crippen MR) is 89.5 cm³/mol. The molecule has 0 bridgehead atoms. The summed E-state index contributed by atoms with van der Waals surface area (Å²) >= 11 is 0. The molecule has 0 saturated carbocycles. The summed E-state index contributed by atoms with van der Waals surface area (Å²) in [5, 5.41) is 2.77. The maximum absolute atomic E-state index is 12.5. The van der Waals surface area contributed by atoms with E-state index in [0.717, 1.165) is 29.0 Å². The number of amides is 1. The van der Waals surface area contributed by atoms with Gasteiger partial charge in [0.1, 0.15) is 5.75 Å². The molecule has 0 saturated heterocycles. The zero-order valence-corrected chi connectivity index (χ0v) is 13.9. The molecule has 1 amide bonds. The lowest BCUT2D eigenvalue weighted by Crippen LogP contribution is -2.27. The fourth-order valence-electron chi connectivity index (χ4n) is 2.32. The molecule has 0 aliphatic rings. The van der Waals surface area contributed by atoms with Crippen LogP contribution in [0.4, 0.5) is 13.2 Å². The van der Waals surface area contributed by atoms with Gasteiger partial charge in [-0.05, 0) is 48.7 Å². The Labute approximate surface area is 144 Å². The maximum atomic E-state index is 12.5. The molecule has 25 heavy (non-hydrogen) atoms. The lowest BCUT2D eigenvalue weighted by atomic mass is 10.1. The van der Waals surface area contributed by atoms with Gasteiger partial charge in [-0.2, -0.15) is 13.2 Å². The number of carbonyl (C=O) groups is 1. The molecular formula is C19H20F3NO2. The Morgan fingerprint density at radius 1 is 1.00 bits per heavy atom. The Balaban J connectivity index is 1.76. The van der Waals surface area contributed by atoms with Crippen molar-refractivity contribution in [3.05, 3.63) is 65.2 Å². The summed E-state index contributed by atoms with van der Waals surface area (Å²) in [4.78, 5) is 11.9. The van der Waals surface area contributed by atoms with Gasteiger partial charge in [-0.1, -0.05) is 24.3 Å². The number of hydrogen-bond acceptors (Lipinski definition) is 2. The van der Waals surface area contributed by atoms with Crippen LogP contribution in [0.1, 0.15) is 23.6 Å². The topological polar surface area (TPSA) is 38.3 Å². The van der Waals surface area contributed by atoms with Crippen molar-refractivity contribution in [2.45, 2.75) is 25.9 Å². The Morgan fingerprint density at radius 2 is 1.60 bits per heavy atom. The highest BCUT2D eigenvalue weighted by Crippen LogP contribution is 2.29. The van der Waals surface area contributed by atoms with Gasteiger partial charge in [0.05, 0.1) is 18.6 Å². The van der Waals surface area contributed by atoms with Crippen molar-refractivity contribution >= 4 is 5.91 Å². The summed E-state index contributed by atoms with van der Waals surface area (Å²) in [6, 6.07) is 12.3. The second-order valence-electron chi connectivity index (χ2n) is 5.55. The number of alkyl halides is 3.